The average molecular weight is 377 g/mol. The van der Waals surface area contributed by atoms with Gasteiger partial charge in [-0.1, -0.05) is 30.3 Å². The number of hydrogen-bond donors (Lipinski definition) is 1. The number of benzene rings is 2. The molecule has 0 aliphatic carbocycles. The summed E-state index contributed by atoms with van der Waals surface area (Å²) in [6, 6.07) is 14.1. The number of carbonyl (C=O) groups is 3. The van der Waals surface area contributed by atoms with Gasteiger partial charge in [-0.3, -0.25) is 14.4 Å². The molecule has 28 heavy (non-hydrogen) atoms. The van der Waals surface area contributed by atoms with Gasteiger partial charge in [-0.25, -0.2) is 0 Å². The minimum atomic E-state index is -0.500. The van der Waals surface area contributed by atoms with Crippen molar-refractivity contribution in [1.29, 1.82) is 0 Å². The Bertz CT molecular complexity index is 940. The van der Waals surface area contributed by atoms with Crippen LogP contribution < -0.4 is 10.2 Å². The zero-order valence-corrected chi connectivity index (χ0v) is 15.9. The molecule has 2 aromatic rings. The van der Waals surface area contributed by atoms with Gasteiger partial charge in [0.1, 0.15) is 12.6 Å². The van der Waals surface area contributed by atoms with E-state index in [4.69, 9.17) is 0 Å². The van der Waals surface area contributed by atoms with Crippen molar-refractivity contribution >= 4 is 29.1 Å². The number of rotatable bonds is 3. The highest BCUT2D eigenvalue weighted by Crippen LogP contribution is 2.31. The highest BCUT2D eigenvalue weighted by molar-refractivity contribution is 6.13. The molecule has 6 heteroatoms. The number of carbonyl (C=O) groups excluding carboxylic acids is 3. The van der Waals surface area contributed by atoms with Gasteiger partial charge in [0, 0.05) is 12.2 Å². The van der Waals surface area contributed by atoms with Gasteiger partial charge in [-0.15, -0.1) is 0 Å². The van der Waals surface area contributed by atoms with E-state index < -0.39 is 6.04 Å². The van der Waals surface area contributed by atoms with Crippen LogP contribution in [0.5, 0.6) is 0 Å². The molecule has 2 aliphatic heterocycles. The Hall–Kier alpha value is -3.15. The summed E-state index contributed by atoms with van der Waals surface area (Å²) in [4.78, 5) is 42.2. The molecule has 1 unspecified atom stereocenters. The van der Waals surface area contributed by atoms with E-state index in [0.29, 0.717) is 24.2 Å². The summed E-state index contributed by atoms with van der Waals surface area (Å²) in [5, 5.41) is 2.88. The fourth-order valence-electron chi connectivity index (χ4n) is 3.98. The van der Waals surface area contributed by atoms with Crippen molar-refractivity contribution in [3.05, 3.63) is 59.7 Å². The van der Waals surface area contributed by atoms with E-state index in [2.05, 4.69) is 5.32 Å². The third-order valence-corrected chi connectivity index (χ3v) is 5.46. The Morgan fingerprint density at radius 3 is 2.64 bits per heavy atom. The smallest absolute Gasteiger partial charge is 0.256 e. The molecule has 1 atom stereocenters. The third-order valence-electron chi connectivity index (χ3n) is 5.46. The van der Waals surface area contributed by atoms with Crippen LogP contribution in [0.2, 0.25) is 0 Å². The minimum Gasteiger partial charge on any atom is -0.327 e. The lowest BCUT2D eigenvalue weighted by molar-refractivity contribution is -0.125. The van der Waals surface area contributed by atoms with Crippen LogP contribution in [0, 0.1) is 6.92 Å². The molecule has 0 bridgehead atoms. The molecule has 2 aromatic carbocycles. The molecule has 1 saturated heterocycles. The van der Waals surface area contributed by atoms with Gasteiger partial charge >= 0.3 is 0 Å². The largest absolute Gasteiger partial charge is 0.327 e. The van der Waals surface area contributed by atoms with E-state index in [1.54, 1.807) is 29.2 Å². The van der Waals surface area contributed by atoms with Crippen LogP contribution in [0.25, 0.3) is 0 Å². The molecule has 1 N–H and O–H groups in total. The summed E-state index contributed by atoms with van der Waals surface area (Å²) < 4.78 is 0. The van der Waals surface area contributed by atoms with Crippen LogP contribution in [0.3, 0.4) is 0 Å². The first-order chi connectivity index (χ1) is 13.6. The maximum absolute atomic E-state index is 13.3. The Morgan fingerprint density at radius 2 is 1.82 bits per heavy atom. The number of fused-ring (bicyclic) bond motifs is 2. The van der Waals surface area contributed by atoms with E-state index in [1.165, 1.54) is 4.90 Å². The Kier molecular flexibility index (Phi) is 4.86. The number of nitrogens with zero attached hydrogens (tertiary/aromatic N) is 2. The monoisotopic (exact) mass is 377 g/mol. The fourth-order valence-corrected chi connectivity index (χ4v) is 3.98. The quantitative estimate of drug-likeness (QED) is 0.894. The van der Waals surface area contributed by atoms with E-state index in [0.717, 1.165) is 24.1 Å². The van der Waals surface area contributed by atoms with Crippen LogP contribution in [0.4, 0.5) is 11.4 Å². The lowest BCUT2D eigenvalue weighted by Gasteiger charge is -2.34. The fraction of sp³-hybridized carbons (Fsp3) is 0.318. The molecule has 3 amide bonds. The summed E-state index contributed by atoms with van der Waals surface area (Å²) in [7, 11) is 0. The number of aryl methyl sites for hydroxylation is 1. The second-order valence-corrected chi connectivity index (χ2v) is 7.31. The Morgan fingerprint density at radius 1 is 1.07 bits per heavy atom. The van der Waals surface area contributed by atoms with Gasteiger partial charge < -0.3 is 15.1 Å². The first-order valence-electron chi connectivity index (χ1n) is 9.63. The lowest BCUT2D eigenvalue weighted by Crippen LogP contribution is -2.52. The van der Waals surface area contributed by atoms with Crippen molar-refractivity contribution in [2.24, 2.45) is 0 Å². The number of hydrogen-bond acceptors (Lipinski definition) is 3. The molecule has 0 radical (unpaired) electrons. The van der Waals surface area contributed by atoms with Crippen molar-refractivity contribution in [2.75, 3.05) is 23.3 Å². The highest BCUT2D eigenvalue weighted by atomic mass is 16.2. The van der Waals surface area contributed by atoms with Gasteiger partial charge in [0.25, 0.3) is 5.91 Å². The molecule has 0 aromatic heterocycles. The predicted molar refractivity (Wildman–Crippen MR) is 107 cm³/mol. The summed E-state index contributed by atoms with van der Waals surface area (Å²) >= 11 is 0. The van der Waals surface area contributed by atoms with Crippen LogP contribution >= 0.6 is 0 Å². The summed E-state index contributed by atoms with van der Waals surface area (Å²) in [6.45, 7) is 2.37. The topological polar surface area (TPSA) is 69.7 Å². The van der Waals surface area contributed by atoms with Crippen molar-refractivity contribution < 1.29 is 14.4 Å². The third kappa shape index (κ3) is 3.26. The zero-order valence-electron chi connectivity index (χ0n) is 15.9. The number of piperidine rings is 1. The SMILES string of the molecule is Cc1ccccc1NC(=O)CN1C(=O)C2CCCCN2C(=O)c2ccccc21. The second kappa shape index (κ2) is 7.46. The number of para-hydroxylation sites is 2. The van der Waals surface area contributed by atoms with Crippen LogP contribution in [0.15, 0.2) is 48.5 Å². The van der Waals surface area contributed by atoms with Crippen molar-refractivity contribution in [2.45, 2.75) is 32.2 Å². The van der Waals surface area contributed by atoms with Crippen molar-refractivity contribution in [3.8, 4) is 0 Å². The first-order valence-corrected chi connectivity index (χ1v) is 9.63. The van der Waals surface area contributed by atoms with Crippen molar-refractivity contribution in [1.82, 2.24) is 4.90 Å². The average Bonchev–Trinajstić information content (AvgIpc) is 2.80. The lowest BCUT2D eigenvalue weighted by atomic mass is 10.0. The summed E-state index contributed by atoms with van der Waals surface area (Å²) in [5.74, 6) is -0.595. The van der Waals surface area contributed by atoms with Crippen LogP contribution in [-0.4, -0.2) is 41.8 Å². The molecule has 144 valence electrons. The van der Waals surface area contributed by atoms with E-state index >= 15 is 0 Å². The number of nitrogens with one attached hydrogen (secondary N) is 1. The molecular weight excluding hydrogens is 354 g/mol. The van der Waals surface area contributed by atoms with Gasteiger partial charge in [0.2, 0.25) is 11.8 Å². The molecular formula is C22H23N3O3. The van der Waals surface area contributed by atoms with Gasteiger partial charge in [-0.05, 0) is 49.9 Å². The van der Waals surface area contributed by atoms with E-state index in [-0.39, 0.29) is 24.3 Å². The molecule has 4 rings (SSSR count). The van der Waals surface area contributed by atoms with Gasteiger partial charge in [-0.2, -0.15) is 0 Å². The van der Waals surface area contributed by atoms with Gasteiger partial charge in [0.05, 0.1) is 11.3 Å². The highest BCUT2D eigenvalue weighted by Gasteiger charge is 2.40. The predicted octanol–water partition coefficient (Wildman–Crippen LogP) is 2.98. The molecule has 6 nitrogen and oxygen atoms in total. The zero-order chi connectivity index (χ0) is 19.7. The number of amides is 3. The Labute approximate surface area is 164 Å². The summed E-state index contributed by atoms with van der Waals surface area (Å²) in [6.07, 6.45) is 2.43. The summed E-state index contributed by atoms with van der Waals surface area (Å²) in [5.41, 5.74) is 2.65. The van der Waals surface area contributed by atoms with Crippen molar-refractivity contribution in [3.63, 3.8) is 0 Å². The molecule has 2 heterocycles. The number of anilines is 2. The molecule has 2 aliphatic rings. The minimum absolute atomic E-state index is 0.123. The van der Waals surface area contributed by atoms with Crippen LogP contribution in [-0.2, 0) is 9.59 Å². The Balaban J connectivity index is 1.65. The first kappa shape index (κ1) is 18.2. The molecule has 1 fully saturated rings. The second-order valence-electron chi connectivity index (χ2n) is 7.31. The van der Waals surface area contributed by atoms with Crippen LogP contribution in [0.1, 0.15) is 35.2 Å². The normalized spacial score (nSPS) is 19.0. The van der Waals surface area contributed by atoms with E-state index in [9.17, 15) is 14.4 Å². The maximum atomic E-state index is 13.3. The van der Waals surface area contributed by atoms with Gasteiger partial charge in [0.15, 0.2) is 0 Å². The molecule has 0 spiro atoms. The van der Waals surface area contributed by atoms with E-state index in [1.807, 2.05) is 31.2 Å². The maximum Gasteiger partial charge on any atom is 0.256 e. The standard InChI is InChI=1S/C22H23N3O3/c1-15-8-2-4-10-17(15)23-20(26)14-25-18-11-5-3-9-16(18)21(27)24-13-7-6-12-19(24)22(25)28/h2-5,8-11,19H,6-7,12-14H2,1H3,(H,23,26). The molecule has 0 saturated carbocycles.